The van der Waals surface area contributed by atoms with Crippen molar-refractivity contribution >= 4 is 46.6 Å². The Kier molecular flexibility index (Phi) is 6.18. The molecule has 2 saturated heterocycles. The second-order valence-electron chi connectivity index (χ2n) is 9.55. The van der Waals surface area contributed by atoms with E-state index < -0.39 is 22.2 Å². The van der Waals surface area contributed by atoms with Crippen molar-refractivity contribution in [3.05, 3.63) is 63.7 Å². The number of hydrogen-bond donors (Lipinski definition) is 0. The molecule has 1 spiro atoms. The average Bonchev–Trinajstić information content (AvgIpc) is 3.23. The van der Waals surface area contributed by atoms with Gasteiger partial charge in [0, 0.05) is 35.1 Å². The van der Waals surface area contributed by atoms with Gasteiger partial charge >= 0.3 is 6.09 Å². The first-order chi connectivity index (χ1) is 16.4. The molecule has 1 unspecified atom stereocenters. The number of benzene rings is 2. The molecule has 2 aliphatic rings. The van der Waals surface area contributed by atoms with Crippen LogP contribution in [0.2, 0.25) is 5.02 Å². The molecule has 0 bridgehead atoms. The maximum absolute atomic E-state index is 14.0. The number of carbonyl (C=O) groups is 3. The molecular weight excluding hydrogens is 476 g/mol. The number of ether oxygens (including phenoxy) is 1. The number of nitrogens with zero attached hydrogens (tertiary/aromatic N) is 4. The molecule has 11 heteroatoms. The van der Waals surface area contributed by atoms with Crippen LogP contribution in [0.25, 0.3) is 0 Å². The number of nitro groups is 1. The van der Waals surface area contributed by atoms with Gasteiger partial charge in [0.05, 0.1) is 11.5 Å². The molecule has 2 aromatic carbocycles. The van der Waals surface area contributed by atoms with Gasteiger partial charge in [0.15, 0.2) is 0 Å². The molecule has 0 aliphatic carbocycles. The largest absolute Gasteiger partial charge is 0.444 e. The van der Waals surface area contributed by atoms with E-state index in [1.165, 1.54) is 39.0 Å². The van der Waals surface area contributed by atoms with Crippen LogP contribution in [0.1, 0.15) is 27.2 Å². The molecule has 0 saturated carbocycles. The van der Waals surface area contributed by atoms with Gasteiger partial charge in [0.2, 0.25) is 5.91 Å². The molecule has 2 heterocycles. The molecule has 2 aromatic rings. The van der Waals surface area contributed by atoms with E-state index in [-0.39, 0.29) is 43.6 Å². The molecule has 2 fully saturated rings. The standard InChI is InChI=1S/C24H25ClN4O6/c1-23(2,3)35-22(32)26-13-12-24(15-26)21(31)27(17-8-10-19(11-9-17)29(33)34)14-20(30)28(24)18-6-4-16(25)5-7-18/h4-11H,12-15H2,1-3H3. The Bertz CT molecular complexity index is 1180. The number of likely N-dealkylation sites (tertiary alicyclic amines) is 1. The molecule has 4 rings (SSSR count). The molecule has 0 N–H and O–H groups in total. The fourth-order valence-corrected chi connectivity index (χ4v) is 4.57. The van der Waals surface area contributed by atoms with Crippen molar-refractivity contribution in [2.24, 2.45) is 0 Å². The van der Waals surface area contributed by atoms with E-state index in [0.29, 0.717) is 16.4 Å². The molecule has 2 aliphatic heterocycles. The highest BCUT2D eigenvalue weighted by Crippen LogP contribution is 2.39. The highest BCUT2D eigenvalue weighted by atomic mass is 35.5. The van der Waals surface area contributed by atoms with Crippen LogP contribution in [0.5, 0.6) is 0 Å². The monoisotopic (exact) mass is 500 g/mol. The number of nitro benzene ring substituents is 1. The van der Waals surface area contributed by atoms with Crippen LogP contribution in [0.15, 0.2) is 48.5 Å². The molecule has 35 heavy (non-hydrogen) atoms. The predicted molar refractivity (Wildman–Crippen MR) is 130 cm³/mol. The number of non-ortho nitro benzene ring substituents is 1. The molecule has 0 aromatic heterocycles. The van der Waals surface area contributed by atoms with Gasteiger partial charge in [0.1, 0.15) is 17.7 Å². The lowest BCUT2D eigenvalue weighted by Gasteiger charge is -2.47. The summed E-state index contributed by atoms with van der Waals surface area (Å²) in [5, 5.41) is 11.5. The summed E-state index contributed by atoms with van der Waals surface area (Å²) in [5.74, 6) is -0.733. The molecule has 10 nitrogen and oxygen atoms in total. The van der Waals surface area contributed by atoms with E-state index in [4.69, 9.17) is 16.3 Å². The number of anilines is 2. The third kappa shape index (κ3) is 4.66. The van der Waals surface area contributed by atoms with E-state index in [1.54, 1.807) is 45.0 Å². The Morgan fingerprint density at radius 2 is 1.66 bits per heavy atom. The second kappa shape index (κ2) is 8.84. The number of halogens is 1. The quantitative estimate of drug-likeness (QED) is 0.465. The molecule has 184 valence electrons. The van der Waals surface area contributed by atoms with Gasteiger partial charge in [-0.3, -0.25) is 24.6 Å². The van der Waals surface area contributed by atoms with Crippen molar-refractivity contribution in [2.45, 2.75) is 38.3 Å². The van der Waals surface area contributed by atoms with Crippen molar-refractivity contribution in [3.8, 4) is 0 Å². The minimum atomic E-state index is -1.37. The maximum atomic E-state index is 14.0. The van der Waals surface area contributed by atoms with Gasteiger partial charge in [-0.05, 0) is 63.6 Å². The minimum absolute atomic E-state index is 0.0569. The maximum Gasteiger partial charge on any atom is 0.410 e. The summed E-state index contributed by atoms with van der Waals surface area (Å²) in [4.78, 5) is 55.0. The van der Waals surface area contributed by atoms with Gasteiger partial charge in [-0.1, -0.05) is 11.6 Å². The van der Waals surface area contributed by atoms with Crippen molar-refractivity contribution in [1.29, 1.82) is 0 Å². The first-order valence-corrected chi connectivity index (χ1v) is 11.4. The number of rotatable bonds is 3. The summed E-state index contributed by atoms with van der Waals surface area (Å²) in [7, 11) is 0. The Balaban J connectivity index is 1.73. The smallest absolute Gasteiger partial charge is 0.410 e. The molecule has 3 amide bonds. The van der Waals surface area contributed by atoms with Crippen LogP contribution in [-0.2, 0) is 14.3 Å². The molecule has 1 atom stereocenters. The summed E-state index contributed by atoms with van der Waals surface area (Å²) in [6.07, 6.45) is -0.374. The topological polar surface area (TPSA) is 113 Å². The zero-order valence-corrected chi connectivity index (χ0v) is 20.3. The summed E-state index contributed by atoms with van der Waals surface area (Å²) >= 11 is 6.04. The Labute approximate surface area is 207 Å². The van der Waals surface area contributed by atoms with Crippen LogP contribution in [-0.4, -0.2) is 58.5 Å². The fourth-order valence-electron chi connectivity index (χ4n) is 4.44. The zero-order chi connectivity index (χ0) is 25.5. The molecular formula is C24H25ClN4O6. The first-order valence-electron chi connectivity index (χ1n) is 11.0. The van der Waals surface area contributed by atoms with Crippen molar-refractivity contribution in [1.82, 2.24) is 4.90 Å². The minimum Gasteiger partial charge on any atom is -0.444 e. The highest BCUT2D eigenvalue weighted by molar-refractivity contribution is 6.30. The predicted octanol–water partition coefficient (Wildman–Crippen LogP) is 4.01. The van der Waals surface area contributed by atoms with Gasteiger partial charge in [-0.15, -0.1) is 0 Å². The Hall–Kier alpha value is -3.66. The summed E-state index contributed by atoms with van der Waals surface area (Å²) < 4.78 is 5.50. The van der Waals surface area contributed by atoms with Crippen LogP contribution in [0, 0.1) is 10.1 Å². The van der Waals surface area contributed by atoms with E-state index in [1.807, 2.05) is 0 Å². The third-order valence-electron chi connectivity index (χ3n) is 5.97. The summed E-state index contributed by atoms with van der Waals surface area (Å²) in [5.41, 5.74) is -1.37. The van der Waals surface area contributed by atoms with Crippen molar-refractivity contribution in [3.63, 3.8) is 0 Å². The lowest BCUT2D eigenvalue weighted by molar-refractivity contribution is -0.384. The normalized spacial score (nSPS) is 20.5. The van der Waals surface area contributed by atoms with Crippen LogP contribution < -0.4 is 9.80 Å². The Morgan fingerprint density at radius 1 is 1.06 bits per heavy atom. The summed E-state index contributed by atoms with van der Waals surface area (Å²) in [6, 6.07) is 12.0. The van der Waals surface area contributed by atoms with E-state index >= 15 is 0 Å². The highest BCUT2D eigenvalue weighted by Gasteiger charge is 2.58. The zero-order valence-electron chi connectivity index (χ0n) is 19.6. The van der Waals surface area contributed by atoms with E-state index in [2.05, 4.69) is 0 Å². The van der Waals surface area contributed by atoms with Crippen LogP contribution >= 0.6 is 11.6 Å². The SMILES string of the molecule is CC(C)(C)OC(=O)N1CCC2(C1)C(=O)N(c1ccc([N+](=O)[O-])cc1)CC(=O)N2c1ccc(Cl)cc1. The number of amides is 3. The van der Waals surface area contributed by atoms with E-state index in [0.717, 1.165) is 0 Å². The summed E-state index contributed by atoms with van der Waals surface area (Å²) in [6.45, 7) is 5.16. The lowest BCUT2D eigenvalue weighted by atomic mass is 9.89. The Morgan fingerprint density at radius 3 is 2.23 bits per heavy atom. The average molecular weight is 501 g/mol. The number of piperazine rings is 1. The lowest BCUT2D eigenvalue weighted by Crippen LogP contribution is -2.70. The fraction of sp³-hybridized carbons (Fsp3) is 0.375. The van der Waals surface area contributed by atoms with Crippen molar-refractivity contribution < 1.29 is 24.0 Å². The van der Waals surface area contributed by atoms with Crippen LogP contribution in [0.4, 0.5) is 21.9 Å². The number of carbonyl (C=O) groups excluding carboxylic acids is 3. The first kappa shape index (κ1) is 24.5. The third-order valence-corrected chi connectivity index (χ3v) is 6.22. The van der Waals surface area contributed by atoms with Crippen molar-refractivity contribution in [2.75, 3.05) is 29.4 Å². The number of hydrogen-bond acceptors (Lipinski definition) is 6. The van der Waals surface area contributed by atoms with Gasteiger partial charge in [-0.2, -0.15) is 0 Å². The van der Waals surface area contributed by atoms with E-state index in [9.17, 15) is 24.5 Å². The van der Waals surface area contributed by atoms with Crippen LogP contribution in [0.3, 0.4) is 0 Å². The van der Waals surface area contributed by atoms with Gasteiger partial charge < -0.3 is 14.5 Å². The molecule has 0 radical (unpaired) electrons. The van der Waals surface area contributed by atoms with Gasteiger partial charge in [-0.25, -0.2) is 4.79 Å². The van der Waals surface area contributed by atoms with Gasteiger partial charge in [0.25, 0.3) is 11.6 Å². The second-order valence-corrected chi connectivity index (χ2v) is 9.99.